The second-order valence-corrected chi connectivity index (χ2v) is 20.7. The standard InChI is InChI=1S/C50H52Cl3NO16/c1-26-32(67-44(61)37(57)36(29-16-10-7-11-17-29)54-42(59)30-18-12-8-13-19-30)23-49(63)41(69-43(60)31-20-14-9-15-21-31)39-47(6,40(58)38(66-27(2)55)35(26)46(49,4)5)33(68-45(62)65-25-50(51,52)53)22-34-48(39,24-64-34)70-28(3)56/h7-21,32-34,36-39,41,57,63H,22-25H2,1-6H3,(H,54,59)/t32-,33-,34+,36-,37+,38+,39-,41-,47+,48-,49+/m0/s1/i8D,12D,13D,18D,19D. The smallest absolute Gasteiger partial charge is 0.456 e. The van der Waals surface area contributed by atoms with Gasteiger partial charge in [0, 0.05) is 37.7 Å². The molecular weight excluding hydrogens is 977 g/mol. The van der Waals surface area contributed by atoms with Crippen molar-refractivity contribution in [3.63, 3.8) is 0 Å². The van der Waals surface area contributed by atoms with E-state index < -0.39 is 178 Å². The third kappa shape index (κ3) is 9.76. The van der Waals surface area contributed by atoms with Crippen LogP contribution in [0.3, 0.4) is 0 Å². The van der Waals surface area contributed by atoms with Crippen LogP contribution in [0.5, 0.6) is 0 Å². The van der Waals surface area contributed by atoms with Gasteiger partial charge in [-0.15, -0.1) is 0 Å². The van der Waals surface area contributed by atoms with Crippen molar-refractivity contribution in [3.05, 3.63) is 119 Å². The topological polar surface area (TPSA) is 237 Å². The van der Waals surface area contributed by atoms with E-state index in [1.54, 1.807) is 12.1 Å². The summed E-state index contributed by atoms with van der Waals surface area (Å²) in [5.74, 6) is -8.63. The second kappa shape index (κ2) is 19.9. The van der Waals surface area contributed by atoms with E-state index >= 15 is 4.79 Å². The Morgan fingerprint density at radius 1 is 0.886 bits per heavy atom. The van der Waals surface area contributed by atoms with E-state index in [9.17, 15) is 39.0 Å². The van der Waals surface area contributed by atoms with Crippen LogP contribution in [0, 0.1) is 16.7 Å². The molecule has 2 saturated carbocycles. The van der Waals surface area contributed by atoms with Gasteiger partial charge in [-0.3, -0.25) is 19.2 Å². The van der Waals surface area contributed by atoms with E-state index in [-0.39, 0.29) is 22.3 Å². The first-order chi connectivity index (χ1) is 34.9. The van der Waals surface area contributed by atoms with Gasteiger partial charge in [0.2, 0.25) is 3.79 Å². The number of Topliss-reactive ketones (excluding diaryl/α,β-unsaturated/α-hetero) is 1. The Hall–Kier alpha value is -5.56. The summed E-state index contributed by atoms with van der Waals surface area (Å²) in [6.45, 7) is 6.33. The normalized spacial score (nSPS) is 30.7. The Morgan fingerprint density at radius 2 is 1.51 bits per heavy atom. The minimum absolute atomic E-state index is 0.0191. The number of ether oxygens (including phenoxy) is 7. The Labute approximate surface area is 425 Å². The molecule has 1 heterocycles. The van der Waals surface area contributed by atoms with Gasteiger partial charge in [0.05, 0.1) is 36.4 Å². The highest BCUT2D eigenvalue weighted by molar-refractivity contribution is 6.67. The molecule has 3 fully saturated rings. The van der Waals surface area contributed by atoms with Gasteiger partial charge in [-0.1, -0.05) is 115 Å². The van der Waals surface area contributed by atoms with E-state index in [1.165, 1.54) is 76.2 Å². The van der Waals surface area contributed by atoms with Crippen LogP contribution < -0.4 is 5.32 Å². The molecule has 3 aliphatic carbocycles. The molecule has 7 rings (SSSR count). The number of fused-ring (bicyclic) bond motifs is 5. The molecule has 1 aliphatic heterocycles. The molecule has 374 valence electrons. The van der Waals surface area contributed by atoms with Crippen molar-refractivity contribution in [2.45, 2.75) is 112 Å². The molecule has 20 heteroatoms. The highest BCUT2D eigenvalue weighted by Crippen LogP contribution is 2.65. The lowest BCUT2D eigenvalue weighted by Crippen LogP contribution is -2.82. The fourth-order valence-corrected chi connectivity index (χ4v) is 10.5. The number of carbonyl (C=O) groups is 7. The number of rotatable bonds is 12. The van der Waals surface area contributed by atoms with Crippen LogP contribution in [0.2, 0.25) is 0 Å². The number of alkyl halides is 3. The Kier molecular flexibility index (Phi) is 13.0. The lowest BCUT2D eigenvalue weighted by Gasteiger charge is -2.67. The molecule has 2 bridgehead atoms. The monoisotopic (exact) mass is 1030 g/mol. The Bertz CT molecular complexity index is 2830. The van der Waals surface area contributed by atoms with Crippen molar-refractivity contribution in [1.29, 1.82) is 0 Å². The summed E-state index contributed by atoms with van der Waals surface area (Å²) in [7, 11) is 0. The SMILES string of the molecule is [2H]c1c([2H])c([2H])c(C(=O)N[C@@H](c2ccccc2)[C@@H](O)C(=O)O[C@H]2C[C@@]3(O)[C@@H](OC(=O)c4ccccc4)[C@@H]4[C@]5(OC(C)=O)CO[C@@H]5C[C@H](OC(=O)OCC(Cl)(Cl)Cl)[C@@]4(C)C(=O)[C@H](OC(C)=O)C(=C2C)C3(C)C)c([2H])c1[2H]. The number of amides is 1. The quantitative estimate of drug-likeness (QED) is 0.0785. The van der Waals surface area contributed by atoms with Gasteiger partial charge < -0.3 is 48.7 Å². The molecular formula is C50H52Cl3NO16. The third-order valence-corrected chi connectivity index (χ3v) is 14.1. The summed E-state index contributed by atoms with van der Waals surface area (Å²) in [4.78, 5) is 99.3. The maximum atomic E-state index is 16.1. The highest BCUT2D eigenvalue weighted by Gasteiger charge is 2.79. The number of nitrogens with one attached hydrogen (secondary N) is 1. The number of ketones is 1. The van der Waals surface area contributed by atoms with E-state index in [2.05, 4.69) is 5.32 Å². The number of carbonyl (C=O) groups excluding carboxylic acids is 7. The van der Waals surface area contributed by atoms with Gasteiger partial charge in [-0.05, 0) is 54.8 Å². The lowest BCUT2D eigenvalue weighted by atomic mass is 9.44. The van der Waals surface area contributed by atoms with Crippen molar-refractivity contribution in [2.75, 3.05) is 13.2 Å². The second-order valence-electron chi connectivity index (χ2n) is 18.2. The van der Waals surface area contributed by atoms with Crippen LogP contribution in [0.15, 0.2) is 102 Å². The molecule has 0 spiro atoms. The zero-order valence-corrected chi connectivity index (χ0v) is 40.7. The van der Waals surface area contributed by atoms with Crippen molar-refractivity contribution < 1.29 is 83.8 Å². The summed E-state index contributed by atoms with van der Waals surface area (Å²) in [5.41, 5.74) is -9.82. The molecule has 1 saturated heterocycles. The minimum Gasteiger partial charge on any atom is -0.456 e. The van der Waals surface area contributed by atoms with E-state index in [4.69, 9.17) is 74.8 Å². The van der Waals surface area contributed by atoms with Crippen LogP contribution in [-0.2, 0) is 52.3 Å². The van der Waals surface area contributed by atoms with Crippen LogP contribution in [-0.4, -0.2) is 117 Å². The number of aliphatic hydroxyl groups is 2. The predicted octanol–water partition coefficient (Wildman–Crippen LogP) is 6.27. The average molecular weight is 1030 g/mol. The van der Waals surface area contributed by atoms with E-state index in [0.29, 0.717) is 0 Å². The fourth-order valence-electron chi connectivity index (χ4n) is 10.4. The van der Waals surface area contributed by atoms with Gasteiger partial charge in [0.25, 0.3) is 5.91 Å². The minimum atomic E-state index is -2.63. The van der Waals surface area contributed by atoms with Crippen molar-refractivity contribution in [2.24, 2.45) is 16.7 Å². The molecule has 0 aromatic heterocycles. The Balaban J connectivity index is 1.41. The molecule has 3 aromatic rings. The first kappa shape index (κ1) is 45.6. The maximum absolute atomic E-state index is 16.1. The Morgan fingerprint density at radius 3 is 2.09 bits per heavy atom. The summed E-state index contributed by atoms with van der Waals surface area (Å²) in [6.07, 6.45) is -13.8. The molecule has 0 radical (unpaired) electrons. The van der Waals surface area contributed by atoms with E-state index in [1.807, 2.05) is 0 Å². The molecule has 70 heavy (non-hydrogen) atoms. The molecule has 0 unspecified atom stereocenters. The third-order valence-electron chi connectivity index (χ3n) is 13.7. The number of esters is 4. The number of aliphatic hydroxyl groups excluding tert-OH is 1. The van der Waals surface area contributed by atoms with Gasteiger partial charge in [0.1, 0.15) is 36.6 Å². The molecule has 17 nitrogen and oxygen atoms in total. The fraction of sp³-hybridized carbons (Fsp3) is 0.460. The van der Waals surface area contributed by atoms with Crippen LogP contribution in [0.25, 0.3) is 0 Å². The van der Waals surface area contributed by atoms with Gasteiger partial charge >= 0.3 is 30.0 Å². The number of hydrogen-bond donors (Lipinski definition) is 3. The van der Waals surface area contributed by atoms with Gasteiger partial charge in [-0.2, -0.15) is 0 Å². The molecule has 3 aromatic carbocycles. The predicted molar refractivity (Wildman–Crippen MR) is 248 cm³/mol. The zero-order valence-electron chi connectivity index (χ0n) is 43.5. The number of hydrogen-bond acceptors (Lipinski definition) is 16. The molecule has 1 amide bonds. The van der Waals surface area contributed by atoms with Crippen LogP contribution in [0.4, 0.5) is 4.79 Å². The zero-order chi connectivity index (χ0) is 55.5. The van der Waals surface area contributed by atoms with Crippen LogP contribution >= 0.6 is 34.8 Å². The maximum Gasteiger partial charge on any atom is 0.508 e. The van der Waals surface area contributed by atoms with Gasteiger partial charge in [-0.25, -0.2) is 14.4 Å². The summed E-state index contributed by atoms with van der Waals surface area (Å²) in [5, 5.41) is 28.4. The molecule has 4 aliphatic rings. The summed E-state index contributed by atoms with van der Waals surface area (Å²) >= 11 is 17.6. The highest BCUT2D eigenvalue weighted by atomic mass is 35.6. The summed E-state index contributed by atoms with van der Waals surface area (Å²) in [6, 6.07) is 8.94. The number of benzene rings is 3. The van der Waals surface area contributed by atoms with Crippen molar-refractivity contribution in [3.8, 4) is 0 Å². The first-order valence-electron chi connectivity index (χ1n) is 24.4. The molecule has 11 atom stereocenters. The summed E-state index contributed by atoms with van der Waals surface area (Å²) < 4.78 is 80.3. The van der Waals surface area contributed by atoms with Crippen molar-refractivity contribution >= 4 is 76.5 Å². The van der Waals surface area contributed by atoms with Crippen molar-refractivity contribution in [1.82, 2.24) is 5.32 Å². The largest absolute Gasteiger partial charge is 0.508 e. The first-order valence-corrected chi connectivity index (χ1v) is 23.0. The van der Waals surface area contributed by atoms with E-state index in [0.717, 1.165) is 13.8 Å². The van der Waals surface area contributed by atoms with Crippen LogP contribution in [0.1, 0.15) is 93.6 Å². The number of halogens is 3. The lowest BCUT2D eigenvalue weighted by molar-refractivity contribution is -0.346. The average Bonchev–Trinajstić information content (AvgIpc) is 3.34. The molecule has 3 N–H and O–H groups in total. The van der Waals surface area contributed by atoms with Gasteiger partial charge in [0.15, 0.2) is 23.6 Å².